The van der Waals surface area contributed by atoms with Gasteiger partial charge in [0, 0.05) is 38.1 Å². The number of furan rings is 1. The van der Waals surface area contributed by atoms with Crippen molar-refractivity contribution in [2.45, 2.75) is 59.5 Å². The Bertz CT molecular complexity index is 1390. The second-order valence-electron chi connectivity index (χ2n) is 8.71. The number of carbonyl (C=O) groups excluding carboxylic acids is 1. The molecule has 10 nitrogen and oxygen atoms in total. The van der Waals surface area contributed by atoms with Crippen LogP contribution in [-0.2, 0) is 33.8 Å². The van der Waals surface area contributed by atoms with Crippen molar-refractivity contribution >= 4 is 22.6 Å². The Kier molecular flexibility index (Phi) is 7.70. The van der Waals surface area contributed by atoms with Crippen molar-refractivity contribution in [3.8, 4) is 0 Å². The molecular formula is C25H32N4O6. The lowest BCUT2D eigenvalue weighted by atomic mass is 10.0. The van der Waals surface area contributed by atoms with Gasteiger partial charge in [0.05, 0.1) is 18.7 Å². The first-order valence-electron chi connectivity index (χ1n) is 12.1. The number of H-pyrrole nitrogens is 1. The van der Waals surface area contributed by atoms with Gasteiger partial charge in [0.1, 0.15) is 11.3 Å². The van der Waals surface area contributed by atoms with E-state index in [1.807, 2.05) is 26.0 Å². The van der Waals surface area contributed by atoms with E-state index in [9.17, 15) is 14.4 Å². The zero-order chi connectivity index (χ0) is 24.9. The van der Waals surface area contributed by atoms with Crippen LogP contribution in [0.1, 0.15) is 44.4 Å². The molecule has 1 aliphatic rings. The lowest BCUT2D eigenvalue weighted by molar-refractivity contribution is -0.143. The van der Waals surface area contributed by atoms with Crippen molar-refractivity contribution in [2.24, 2.45) is 10.9 Å². The van der Waals surface area contributed by atoms with Gasteiger partial charge in [-0.1, -0.05) is 6.92 Å². The number of aromatic amines is 1. The van der Waals surface area contributed by atoms with Gasteiger partial charge in [-0.15, -0.1) is 0 Å². The summed E-state index contributed by atoms with van der Waals surface area (Å²) in [4.78, 5) is 45.4. The second kappa shape index (κ2) is 10.9. The van der Waals surface area contributed by atoms with Gasteiger partial charge in [-0.05, 0) is 56.4 Å². The van der Waals surface area contributed by atoms with Crippen LogP contribution in [0.3, 0.4) is 0 Å². The molecule has 0 amide bonds. The number of hydrogen-bond donors (Lipinski definition) is 1. The van der Waals surface area contributed by atoms with E-state index in [4.69, 9.17) is 13.9 Å². The Balaban J connectivity index is 1.78. The summed E-state index contributed by atoms with van der Waals surface area (Å²) in [6.07, 6.45) is 2.35. The van der Waals surface area contributed by atoms with Crippen LogP contribution in [0, 0.1) is 12.8 Å². The summed E-state index contributed by atoms with van der Waals surface area (Å²) in [5.74, 6) is 0.675. The third-order valence-corrected chi connectivity index (χ3v) is 6.38. The molecule has 0 spiro atoms. The fourth-order valence-corrected chi connectivity index (χ4v) is 4.42. The molecule has 1 aliphatic heterocycles. The van der Waals surface area contributed by atoms with Gasteiger partial charge in [0.25, 0.3) is 0 Å². The average molecular weight is 485 g/mol. The highest BCUT2D eigenvalue weighted by molar-refractivity contribution is 5.84. The highest BCUT2D eigenvalue weighted by atomic mass is 16.5. The minimum Gasteiger partial charge on any atom is -0.466 e. The molecule has 4 rings (SSSR count). The van der Waals surface area contributed by atoms with Crippen molar-refractivity contribution in [3.63, 3.8) is 0 Å². The summed E-state index contributed by atoms with van der Waals surface area (Å²) in [7, 11) is 0. The minimum absolute atomic E-state index is 0.0684. The predicted octanol–water partition coefficient (Wildman–Crippen LogP) is 2.57. The van der Waals surface area contributed by atoms with Crippen LogP contribution in [0.2, 0.25) is 0 Å². The maximum absolute atomic E-state index is 13.4. The van der Waals surface area contributed by atoms with Crippen molar-refractivity contribution < 1.29 is 18.7 Å². The van der Waals surface area contributed by atoms with Crippen LogP contribution in [0.4, 0.5) is 5.69 Å². The molecule has 0 atom stereocenters. The van der Waals surface area contributed by atoms with Crippen LogP contribution < -0.4 is 17.0 Å². The van der Waals surface area contributed by atoms with E-state index < -0.39 is 17.3 Å². The van der Waals surface area contributed by atoms with Crippen LogP contribution in [0.15, 0.2) is 37.2 Å². The number of nitrogens with zero attached hydrogens (tertiary/aromatic N) is 3. The lowest BCUT2D eigenvalue weighted by Gasteiger charge is -2.23. The molecule has 2 aromatic heterocycles. The molecule has 10 heteroatoms. The van der Waals surface area contributed by atoms with Gasteiger partial charge < -0.3 is 13.9 Å². The molecular weight excluding hydrogens is 452 g/mol. The third kappa shape index (κ3) is 5.48. The van der Waals surface area contributed by atoms with E-state index in [1.54, 1.807) is 13.0 Å². The minimum atomic E-state index is -0.616. The van der Waals surface area contributed by atoms with Gasteiger partial charge in [-0.3, -0.25) is 14.3 Å². The molecule has 0 aliphatic carbocycles. The number of fused-ring (bicyclic) bond motifs is 1. The van der Waals surface area contributed by atoms with E-state index in [0.717, 1.165) is 46.1 Å². The number of ether oxygens (including phenoxy) is 2. The van der Waals surface area contributed by atoms with Crippen molar-refractivity contribution in [1.82, 2.24) is 14.1 Å². The van der Waals surface area contributed by atoms with Gasteiger partial charge in [-0.2, -0.15) is 0 Å². The molecule has 0 radical (unpaired) electrons. The number of hydrogen-bond acceptors (Lipinski definition) is 7. The highest BCUT2D eigenvalue weighted by Crippen LogP contribution is 2.29. The summed E-state index contributed by atoms with van der Waals surface area (Å²) in [5.41, 5.74) is 1.49. The molecule has 0 bridgehead atoms. The first-order valence-corrected chi connectivity index (χ1v) is 12.1. The van der Waals surface area contributed by atoms with E-state index in [1.165, 1.54) is 4.57 Å². The zero-order valence-electron chi connectivity index (χ0n) is 20.5. The molecule has 188 valence electrons. The summed E-state index contributed by atoms with van der Waals surface area (Å²) < 4.78 is 18.8. The molecule has 1 fully saturated rings. The molecule has 1 N–H and O–H groups in total. The summed E-state index contributed by atoms with van der Waals surface area (Å²) in [5, 5.41) is 0.948. The number of esters is 1. The zero-order valence-corrected chi connectivity index (χ0v) is 20.5. The number of aromatic nitrogens is 3. The van der Waals surface area contributed by atoms with E-state index in [2.05, 4.69) is 9.98 Å². The second-order valence-corrected chi connectivity index (χ2v) is 8.71. The van der Waals surface area contributed by atoms with Gasteiger partial charge in [0.2, 0.25) is 5.62 Å². The first kappa shape index (κ1) is 24.7. The number of aryl methyl sites for hydroxylation is 2. The quantitative estimate of drug-likeness (QED) is 0.491. The monoisotopic (exact) mass is 484 g/mol. The van der Waals surface area contributed by atoms with Crippen LogP contribution >= 0.6 is 0 Å². The molecule has 0 saturated carbocycles. The van der Waals surface area contributed by atoms with Crippen molar-refractivity contribution in [3.05, 3.63) is 56.1 Å². The molecule has 3 heterocycles. The first-order chi connectivity index (χ1) is 16.9. The fraction of sp³-hybridized carbons (Fsp3) is 0.520. The smallest absolute Gasteiger partial charge is 0.334 e. The molecule has 0 unspecified atom stereocenters. The molecule has 35 heavy (non-hydrogen) atoms. The fourth-order valence-electron chi connectivity index (χ4n) is 4.42. The van der Waals surface area contributed by atoms with E-state index >= 15 is 0 Å². The topological polar surface area (TPSA) is 121 Å². The van der Waals surface area contributed by atoms with Gasteiger partial charge in [0.15, 0.2) is 0 Å². The summed E-state index contributed by atoms with van der Waals surface area (Å²) in [6, 6.07) is 5.55. The number of benzene rings is 1. The molecule has 1 saturated heterocycles. The van der Waals surface area contributed by atoms with E-state index in [-0.39, 0.29) is 31.1 Å². The van der Waals surface area contributed by atoms with E-state index in [0.29, 0.717) is 25.4 Å². The molecule has 1 aromatic carbocycles. The molecule has 3 aromatic rings. The number of rotatable bonds is 8. The summed E-state index contributed by atoms with van der Waals surface area (Å²) >= 11 is 0. The maximum atomic E-state index is 13.4. The Labute approximate surface area is 202 Å². The Morgan fingerprint density at radius 2 is 1.97 bits per heavy atom. The Hall–Kier alpha value is -3.40. The average Bonchev–Trinajstić information content (AvgIpc) is 3.17. The van der Waals surface area contributed by atoms with Crippen LogP contribution in [0.25, 0.3) is 11.0 Å². The van der Waals surface area contributed by atoms with Gasteiger partial charge >= 0.3 is 17.3 Å². The largest absolute Gasteiger partial charge is 0.466 e. The SMILES string of the molecule is CCOC(=O)CCn1c(=O)[nH]/c(=N\c2ccc3oc(CC)c(C)c3c2)n(CC2CCOCC2)c1=O. The number of carbonyl (C=O) groups is 1. The third-order valence-electron chi connectivity index (χ3n) is 6.38. The normalized spacial score (nSPS) is 15.1. The van der Waals surface area contributed by atoms with Crippen LogP contribution in [0.5, 0.6) is 0 Å². The van der Waals surface area contributed by atoms with Crippen molar-refractivity contribution in [2.75, 3.05) is 19.8 Å². The van der Waals surface area contributed by atoms with Gasteiger partial charge in [-0.25, -0.2) is 19.1 Å². The lowest BCUT2D eigenvalue weighted by Crippen LogP contribution is -2.51. The number of nitrogens with one attached hydrogen (secondary N) is 1. The van der Waals surface area contributed by atoms with Crippen molar-refractivity contribution in [1.29, 1.82) is 0 Å². The Morgan fingerprint density at radius 3 is 2.69 bits per heavy atom. The Morgan fingerprint density at radius 1 is 1.20 bits per heavy atom. The standard InChI is InChI=1S/C25H32N4O6/c1-4-20-16(3)19-14-18(6-7-21(19)35-20)26-23-27-24(31)28(11-8-22(30)34-5-2)25(32)29(23)15-17-9-12-33-13-10-17/h6-7,14,17H,4-5,8-13,15H2,1-3H3,(H,26,27,31). The summed E-state index contributed by atoms with van der Waals surface area (Å²) in [6.45, 7) is 7.59. The maximum Gasteiger partial charge on any atom is 0.334 e. The highest BCUT2D eigenvalue weighted by Gasteiger charge is 2.18. The van der Waals surface area contributed by atoms with Crippen LogP contribution in [-0.4, -0.2) is 39.9 Å². The predicted molar refractivity (Wildman–Crippen MR) is 130 cm³/mol.